The smallest absolute Gasteiger partial charge is 0.0542 e. The Morgan fingerprint density at radius 2 is 1.24 bits per heavy atom. The highest BCUT2D eigenvalue weighted by molar-refractivity contribution is 7.36. The largest absolute Gasteiger partial charge is 0.385 e. The second-order valence-corrected chi connectivity index (χ2v) is 11.8. The number of hydrogen-bond donors (Lipinski definition) is 1. The first-order valence-corrected chi connectivity index (χ1v) is 14.3. The summed E-state index contributed by atoms with van der Waals surface area (Å²) >= 11 is 3.90. The maximum atomic E-state index is 3.65. The number of fused-ring (bicyclic) bond motifs is 7. The van der Waals surface area contributed by atoms with E-state index >= 15 is 0 Å². The van der Waals surface area contributed by atoms with E-state index in [0.717, 1.165) is 6.54 Å². The van der Waals surface area contributed by atoms with Crippen molar-refractivity contribution in [2.45, 2.75) is 52.4 Å². The van der Waals surface area contributed by atoms with Gasteiger partial charge in [-0.25, -0.2) is 0 Å². The van der Waals surface area contributed by atoms with E-state index in [9.17, 15) is 0 Å². The highest BCUT2D eigenvalue weighted by Gasteiger charge is 2.14. The molecule has 1 nitrogen and oxygen atoms in total. The minimum absolute atomic E-state index is 1.06. The highest BCUT2D eigenvalue weighted by Crippen LogP contribution is 2.46. The molecular formula is C31H31NS2. The monoisotopic (exact) mass is 481 g/mol. The lowest BCUT2D eigenvalue weighted by Gasteiger charge is -2.08. The zero-order valence-corrected chi connectivity index (χ0v) is 21.7. The predicted molar refractivity (Wildman–Crippen MR) is 156 cm³/mol. The third kappa shape index (κ3) is 4.06. The number of anilines is 1. The Balaban J connectivity index is 1.31. The maximum absolute atomic E-state index is 3.65. The van der Waals surface area contributed by atoms with Crippen molar-refractivity contribution >= 4 is 79.5 Å². The maximum Gasteiger partial charge on any atom is 0.0542 e. The van der Waals surface area contributed by atoms with Gasteiger partial charge in [0.15, 0.2) is 0 Å². The number of rotatable bonds is 8. The number of aryl methyl sites for hydroxylation is 1. The Hall–Kier alpha value is -2.62. The van der Waals surface area contributed by atoms with Crippen molar-refractivity contribution < 1.29 is 0 Å². The van der Waals surface area contributed by atoms with Crippen molar-refractivity contribution in [2.75, 3.05) is 11.9 Å². The Kier molecular flexibility index (Phi) is 5.92. The molecule has 0 unspecified atom stereocenters. The van der Waals surface area contributed by atoms with Crippen molar-refractivity contribution in [1.82, 2.24) is 0 Å². The summed E-state index contributed by atoms with van der Waals surface area (Å²) in [5, 5.41) is 11.8. The van der Waals surface area contributed by atoms with Crippen LogP contribution in [0.2, 0.25) is 0 Å². The van der Waals surface area contributed by atoms with Gasteiger partial charge in [-0.3, -0.25) is 0 Å². The number of benzene rings is 4. The Labute approximate surface area is 209 Å². The van der Waals surface area contributed by atoms with Crippen LogP contribution in [0.5, 0.6) is 0 Å². The zero-order valence-electron chi connectivity index (χ0n) is 20.0. The average molecular weight is 482 g/mol. The van der Waals surface area contributed by atoms with Crippen molar-refractivity contribution in [3.05, 3.63) is 66.2 Å². The zero-order chi connectivity index (χ0) is 23.1. The summed E-state index contributed by atoms with van der Waals surface area (Å²) in [4.78, 5) is 0. The van der Waals surface area contributed by atoms with Crippen molar-refractivity contribution in [1.29, 1.82) is 0 Å². The van der Waals surface area contributed by atoms with E-state index < -0.39 is 0 Å². The fourth-order valence-corrected chi connectivity index (χ4v) is 7.81. The van der Waals surface area contributed by atoms with Gasteiger partial charge in [0.05, 0.1) is 9.40 Å². The van der Waals surface area contributed by atoms with Gasteiger partial charge in [0.1, 0.15) is 0 Å². The molecule has 2 aromatic heterocycles. The van der Waals surface area contributed by atoms with E-state index in [4.69, 9.17) is 0 Å². The third-order valence-corrected chi connectivity index (χ3v) is 9.51. The van der Waals surface area contributed by atoms with E-state index in [1.54, 1.807) is 0 Å². The van der Waals surface area contributed by atoms with Crippen LogP contribution in [-0.4, -0.2) is 6.54 Å². The molecule has 6 rings (SSSR count). The lowest BCUT2D eigenvalue weighted by molar-refractivity contribution is 0.617. The highest BCUT2D eigenvalue weighted by atomic mass is 32.1. The minimum atomic E-state index is 1.06. The van der Waals surface area contributed by atoms with Gasteiger partial charge in [0.2, 0.25) is 0 Å². The standard InChI is InChI=1S/C31H31NS2/c1-3-4-5-6-7-8-13-32-25-12-11-22-17-27-29(19-24(22)15-25)34-30-26-16-21-10-9-20(2)14-23(21)18-28(26)33-31(27)30/h9-12,14-19,32H,3-8,13H2,1-2H3. The first kappa shape index (κ1) is 21.9. The number of unbranched alkanes of at least 4 members (excludes halogenated alkanes) is 5. The van der Waals surface area contributed by atoms with Crippen LogP contribution in [0.1, 0.15) is 51.0 Å². The van der Waals surface area contributed by atoms with Crippen LogP contribution in [-0.2, 0) is 0 Å². The van der Waals surface area contributed by atoms with Crippen molar-refractivity contribution in [3.63, 3.8) is 0 Å². The third-order valence-electron chi connectivity index (χ3n) is 7.01. The Bertz CT molecular complexity index is 1640. The van der Waals surface area contributed by atoms with Crippen LogP contribution in [0.25, 0.3) is 51.1 Å². The van der Waals surface area contributed by atoms with E-state index in [1.807, 2.05) is 22.7 Å². The van der Waals surface area contributed by atoms with Gasteiger partial charge in [-0.1, -0.05) is 68.9 Å². The molecule has 0 atom stereocenters. The molecule has 2 heterocycles. The first-order chi connectivity index (χ1) is 16.7. The van der Waals surface area contributed by atoms with Gasteiger partial charge in [-0.2, -0.15) is 0 Å². The van der Waals surface area contributed by atoms with Gasteiger partial charge in [0.25, 0.3) is 0 Å². The molecule has 172 valence electrons. The molecule has 6 aromatic rings. The first-order valence-electron chi connectivity index (χ1n) is 12.7. The van der Waals surface area contributed by atoms with Crippen LogP contribution < -0.4 is 5.32 Å². The Morgan fingerprint density at radius 3 is 1.94 bits per heavy atom. The van der Waals surface area contributed by atoms with Gasteiger partial charge < -0.3 is 5.32 Å². The minimum Gasteiger partial charge on any atom is -0.385 e. The van der Waals surface area contributed by atoms with Crippen LogP contribution in [0, 0.1) is 6.92 Å². The predicted octanol–water partition coefficient (Wildman–Crippen LogP) is 10.7. The molecule has 34 heavy (non-hydrogen) atoms. The summed E-state index contributed by atoms with van der Waals surface area (Å²) in [5.74, 6) is 0. The molecule has 3 heteroatoms. The molecule has 0 fully saturated rings. The molecule has 0 amide bonds. The molecule has 0 bridgehead atoms. The van der Waals surface area contributed by atoms with Crippen molar-refractivity contribution in [2.24, 2.45) is 0 Å². The number of thiophene rings is 2. The van der Waals surface area contributed by atoms with Gasteiger partial charge in [-0.15, -0.1) is 22.7 Å². The van der Waals surface area contributed by atoms with E-state index in [0.29, 0.717) is 0 Å². The molecule has 0 aliphatic carbocycles. The molecular weight excluding hydrogens is 450 g/mol. The van der Waals surface area contributed by atoms with Gasteiger partial charge >= 0.3 is 0 Å². The second kappa shape index (κ2) is 9.20. The van der Waals surface area contributed by atoms with E-state index in [2.05, 4.69) is 79.8 Å². The lowest BCUT2D eigenvalue weighted by atomic mass is 10.1. The van der Waals surface area contributed by atoms with Crippen LogP contribution in [0.4, 0.5) is 5.69 Å². The van der Waals surface area contributed by atoms with E-state index in [1.165, 1.54) is 101 Å². The van der Waals surface area contributed by atoms with E-state index in [-0.39, 0.29) is 0 Å². The topological polar surface area (TPSA) is 12.0 Å². The summed E-state index contributed by atoms with van der Waals surface area (Å²) < 4.78 is 5.67. The quantitative estimate of drug-likeness (QED) is 0.213. The van der Waals surface area contributed by atoms with Crippen LogP contribution in [0.3, 0.4) is 0 Å². The molecule has 1 N–H and O–H groups in total. The molecule has 0 spiro atoms. The van der Waals surface area contributed by atoms with Gasteiger partial charge in [0, 0.05) is 32.4 Å². The Morgan fingerprint density at radius 1 is 0.618 bits per heavy atom. The molecule has 0 radical (unpaired) electrons. The molecule has 0 saturated heterocycles. The average Bonchev–Trinajstić information content (AvgIpc) is 3.35. The molecule has 4 aromatic carbocycles. The number of nitrogens with one attached hydrogen (secondary N) is 1. The molecule has 0 saturated carbocycles. The van der Waals surface area contributed by atoms with Crippen LogP contribution >= 0.6 is 22.7 Å². The second-order valence-electron chi connectivity index (χ2n) is 9.67. The summed E-state index contributed by atoms with van der Waals surface area (Å²) in [6.45, 7) is 5.51. The van der Waals surface area contributed by atoms with Crippen molar-refractivity contribution in [3.8, 4) is 0 Å². The fourth-order valence-electron chi connectivity index (χ4n) is 5.11. The fraction of sp³-hybridized carbons (Fsp3) is 0.290. The number of hydrogen-bond acceptors (Lipinski definition) is 3. The summed E-state index contributed by atoms with van der Waals surface area (Å²) in [7, 11) is 0. The SMILES string of the molecule is CCCCCCCCNc1ccc2cc3c(cc2c1)sc1c2cc4ccc(C)cc4cc2sc31. The summed E-state index contributed by atoms with van der Waals surface area (Å²) in [6, 6.07) is 23.2. The van der Waals surface area contributed by atoms with Gasteiger partial charge in [-0.05, 0) is 71.3 Å². The molecule has 0 aliphatic rings. The van der Waals surface area contributed by atoms with Crippen LogP contribution in [0.15, 0.2) is 60.7 Å². The molecule has 0 aliphatic heterocycles. The summed E-state index contributed by atoms with van der Waals surface area (Å²) in [6.07, 6.45) is 8.02. The lowest BCUT2D eigenvalue weighted by Crippen LogP contribution is -2.01. The summed E-state index contributed by atoms with van der Waals surface area (Å²) in [5.41, 5.74) is 2.56. The normalized spacial score (nSPS) is 12.1.